The molecule has 0 unspecified atom stereocenters. The Morgan fingerprint density at radius 3 is 2.08 bits per heavy atom. The topological polar surface area (TPSA) is 9.23 Å². The largest absolute Gasteiger partial charge is 0.381 e. The number of unbranched alkanes of at least 4 members (excludes halogenated alkanes) is 3. The van der Waals surface area contributed by atoms with Crippen molar-refractivity contribution in [2.45, 2.75) is 58.2 Å². The summed E-state index contributed by atoms with van der Waals surface area (Å²) in [5, 5.41) is 0. The molecule has 0 saturated carbocycles. The van der Waals surface area contributed by atoms with Crippen molar-refractivity contribution in [3.8, 4) is 0 Å². The first kappa shape index (κ1) is 13.2. The fourth-order valence-electron chi connectivity index (χ4n) is 1.31. The lowest BCUT2D eigenvalue weighted by Gasteiger charge is -2.04. The van der Waals surface area contributed by atoms with Crippen molar-refractivity contribution in [2.24, 2.45) is 0 Å². The van der Waals surface area contributed by atoms with E-state index < -0.39 is 0 Å². The highest BCUT2D eigenvalue weighted by Crippen LogP contribution is 2.02. The third-order valence-electron chi connectivity index (χ3n) is 2.21. The number of hydrogen-bond acceptors (Lipinski definition) is 1. The highest BCUT2D eigenvalue weighted by Gasteiger charge is 1.95. The normalized spacial score (nSPS) is 11.1. The van der Waals surface area contributed by atoms with E-state index >= 15 is 0 Å². The Balaban J connectivity index is 2.84. The van der Waals surface area contributed by atoms with Gasteiger partial charge < -0.3 is 4.74 Å². The average molecular weight is 202 g/mol. The monoisotopic (exact) mass is 202 g/mol. The maximum Gasteiger partial charge on any atom is 0.0466 e. The van der Waals surface area contributed by atoms with Gasteiger partial charge in [0, 0.05) is 22.0 Å². The van der Waals surface area contributed by atoms with Crippen molar-refractivity contribution in [1.82, 2.24) is 0 Å². The lowest BCUT2D eigenvalue weighted by molar-refractivity contribution is 0.127. The highest BCUT2D eigenvalue weighted by atomic mass is 28.3. The molecule has 0 radical (unpaired) electrons. The fraction of sp³-hybridized carbons (Fsp3) is 1.00. The van der Waals surface area contributed by atoms with Gasteiger partial charge in [0.1, 0.15) is 0 Å². The van der Waals surface area contributed by atoms with E-state index in [1.54, 1.807) is 0 Å². The highest BCUT2D eigenvalue weighted by molar-refractivity contribution is 6.55. The Bertz CT molecular complexity index is 94.1. The maximum absolute atomic E-state index is 5.53. The first-order valence-electron chi connectivity index (χ1n) is 5.85. The molecule has 0 rings (SSSR count). The van der Waals surface area contributed by atoms with Crippen LogP contribution in [0, 0.1) is 0 Å². The van der Waals surface area contributed by atoms with Gasteiger partial charge >= 0.3 is 0 Å². The van der Waals surface area contributed by atoms with Crippen LogP contribution in [-0.2, 0) is 4.74 Å². The minimum absolute atomic E-state index is 0.296. The fourth-order valence-corrected chi connectivity index (χ4v) is 2.42. The second-order valence-electron chi connectivity index (χ2n) is 4.21. The molecule has 0 N–H and O–H groups in total. The molecular formula is C11H26OSi. The van der Waals surface area contributed by atoms with Crippen molar-refractivity contribution in [3.63, 3.8) is 0 Å². The summed E-state index contributed by atoms with van der Waals surface area (Å²) < 4.78 is 5.53. The molecule has 0 bridgehead atoms. The first-order valence-corrected chi connectivity index (χ1v) is 8.97. The molecule has 0 aliphatic carbocycles. The maximum atomic E-state index is 5.53. The van der Waals surface area contributed by atoms with Gasteiger partial charge in [0.2, 0.25) is 0 Å². The zero-order chi connectivity index (χ0) is 9.94. The van der Waals surface area contributed by atoms with Crippen molar-refractivity contribution >= 4 is 8.80 Å². The molecule has 0 aromatic rings. The van der Waals surface area contributed by atoms with E-state index in [1.165, 1.54) is 38.1 Å². The van der Waals surface area contributed by atoms with Crippen LogP contribution in [0.3, 0.4) is 0 Å². The smallest absolute Gasteiger partial charge is 0.0466 e. The van der Waals surface area contributed by atoms with E-state index in [2.05, 4.69) is 20.0 Å². The molecule has 0 fully saturated rings. The van der Waals surface area contributed by atoms with Crippen LogP contribution < -0.4 is 0 Å². The van der Waals surface area contributed by atoms with Crippen LogP contribution in [0.1, 0.15) is 39.0 Å². The molecular weight excluding hydrogens is 176 g/mol. The average Bonchev–Trinajstić information content (AvgIpc) is 2.09. The number of hydrogen-bond donors (Lipinski definition) is 0. The molecule has 80 valence electrons. The Labute approximate surface area is 85.5 Å². The van der Waals surface area contributed by atoms with E-state index in [0.717, 1.165) is 13.2 Å². The SMILES string of the molecule is CCCCCOCCCC[SiH](C)C. The molecule has 0 aliphatic heterocycles. The second kappa shape index (κ2) is 10.3. The molecule has 0 aromatic carbocycles. The second-order valence-corrected chi connectivity index (χ2v) is 7.57. The summed E-state index contributed by atoms with van der Waals surface area (Å²) in [6.45, 7) is 9.04. The van der Waals surface area contributed by atoms with Crippen molar-refractivity contribution in [3.05, 3.63) is 0 Å². The predicted molar refractivity (Wildman–Crippen MR) is 63.3 cm³/mol. The van der Waals surface area contributed by atoms with Gasteiger partial charge in [-0.2, -0.15) is 0 Å². The van der Waals surface area contributed by atoms with Crippen LogP contribution in [0.25, 0.3) is 0 Å². The van der Waals surface area contributed by atoms with Crippen LogP contribution in [0.5, 0.6) is 0 Å². The van der Waals surface area contributed by atoms with Gasteiger partial charge in [-0.1, -0.05) is 45.3 Å². The minimum atomic E-state index is -0.296. The van der Waals surface area contributed by atoms with Gasteiger partial charge in [0.25, 0.3) is 0 Å². The Kier molecular flexibility index (Phi) is 10.4. The standard InChI is InChI=1S/C11H26OSi/c1-4-5-6-9-12-10-7-8-11-13(2)3/h13H,4-11H2,1-3H3. The van der Waals surface area contributed by atoms with E-state index in [-0.39, 0.29) is 8.80 Å². The van der Waals surface area contributed by atoms with E-state index in [9.17, 15) is 0 Å². The quantitative estimate of drug-likeness (QED) is 0.411. The van der Waals surface area contributed by atoms with Crippen LogP contribution in [0.2, 0.25) is 19.1 Å². The molecule has 0 atom stereocenters. The van der Waals surface area contributed by atoms with Gasteiger partial charge in [-0.05, 0) is 12.8 Å². The van der Waals surface area contributed by atoms with E-state index in [0.29, 0.717) is 0 Å². The molecule has 0 aromatic heterocycles. The molecule has 0 heterocycles. The third-order valence-corrected chi connectivity index (χ3v) is 3.78. The molecule has 0 aliphatic rings. The predicted octanol–water partition coefficient (Wildman–Crippen LogP) is 3.46. The Morgan fingerprint density at radius 1 is 0.923 bits per heavy atom. The van der Waals surface area contributed by atoms with Crippen molar-refractivity contribution < 1.29 is 4.74 Å². The Hall–Kier alpha value is 0.177. The lowest BCUT2D eigenvalue weighted by Crippen LogP contribution is -2.01. The van der Waals surface area contributed by atoms with Gasteiger partial charge in [-0.3, -0.25) is 0 Å². The lowest BCUT2D eigenvalue weighted by atomic mass is 10.3. The third kappa shape index (κ3) is 12.2. The summed E-state index contributed by atoms with van der Waals surface area (Å²) in [5.74, 6) is 0. The van der Waals surface area contributed by atoms with E-state index in [4.69, 9.17) is 4.74 Å². The summed E-state index contributed by atoms with van der Waals surface area (Å²) in [5.41, 5.74) is 0. The van der Waals surface area contributed by atoms with Crippen LogP contribution >= 0.6 is 0 Å². The molecule has 0 amide bonds. The molecule has 0 saturated heterocycles. The van der Waals surface area contributed by atoms with Gasteiger partial charge in [0.15, 0.2) is 0 Å². The number of rotatable bonds is 9. The number of ether oxygens (including phenoxy) is 1. The van der Waals surface area contributed by atoms with Crippen LogP contribution in [-0.4, -0.2) is 22.0 Å². The molecule has 13 heavy (non-hydrogen) atoms. The zero-order valence-electron chi connectivity index (χ0n) is 9.64. The summed E-state index contributed by atoms with van der Waals surface area (Å²) in [7, 11) is -0.296. The van der Waals surface area contributed by atoms with Gasteiger partial charge in [-0.25, -0.2) is 0 Å². The van der Waals surface area contributed by atoms with Crippen LogP contribution in [0.4, 0.5) is 0 Å². The van der Waals surface area contributed by atoms with Crippen molar-refractivity contribution in [2.75, 3.05) is 13.2 Å². The van der Waals surface area contributed by atoms with E-state index in [1.807, 2.05) is 0 Å². The summed E-state index contributed by atoms with van der Waals surface area (Å²) in [4.78, 5) is 0. The molecule has 2 heteroatoms. The van der Waals surface area contributed by atoms with Gasteiger partial charge in [0.05, 0.1) is 0 Å². The Morgan fingerprint density at radius 2 is 1.54 bits per heavy atom. The zero-order valence-corrected chi connectivity index (χ0v) is 10.8. The first-order chi connectivity index (χ1) is 6.27. The van der Waals surface area contributed by atoms with Crippen molar-refractivity contribution in [1.29, 1.82) is 0 Å². The molecule has 0 spiro atoms. The van der Waals surface area contributed by atoms with Crippen LogP contribution in [0.15, 0.2) is 0 Å². The molecule has 1 nitrogen and oxygen atoms in total. The van der Waals surface area contributed by atoms with Gasteiger partial charge in [-0.15, -0.1) is 0 Å². The summed E-state index contributed by atoms with van der Waals surface area (Å²) in [6, 6.07) is 1.48. The summed E-state index contributed by atoms with van der Waals surface area (Å²) in [6.07, 6.45) is 6.52. The minimum Gasteiger partial charge on any atom is -0.381 e. The summed E-state index contributed by atoms with van der Waals surface area (Å²) >= 11 is 0.